The van der Waals surface area contributed by atoms with Gasteiger partial charge >= 0.3 is 11.9 Å². The summed E-state index contributed by atoms with van der Waals surface area (Å²) >= 11 is 0. The fourth-order valence-electron chi connectivity index (χ4n) is 1.07. The minimum absolute atomic E-state index is 0.192. The fraction of sp³-hybridized carbons (Fsp3) is 0.143. The second-order valence-electron chi connectivity index (χ2n) is 4.20. The maximum Gasteiger partial charge on any atom is 0.303 e. The monoisotopic (exact) mass is 364 g/mol. The summed E-state index contributed by atoms with van der Waals surface area (Å²) in [6.45, 7) is 0. The molecule has 26 heavy (non-hydrogen) atoms. The molecule has 0 aliphatic rings. The lowest BCUT2D eigenvalue weighted by Crippen LogP contribution is -2.12. The molecule has 0 radical (unpaired) electrons. The minimum atomic E-state index is -1.08. The van der Waals surface area contributed by atoms with Crippen LogP contribution in [0.4, 0.5) is 0 Å². The predicted octanol–water partition coefficient (Wildman–Crippen LogP) is -0.913. The summed E-state index contributed by atoms with van der Waals surface area (Å²) in [4.78, 5) is 54.5. The number of aliphatic carboxylic acids is 2. The van der Waals surface area contributed by atoms with E-state index in [9.17, 15) is 19.2 Å². The largest absolute Gasteiger partial charge is 0.481 e. The number of nitrogens with two attached hydrogens (primary N) is 2. The first-order chi connectivity index (χ1) is 12.2. The first-order valence-electron chi connectivity index (χ1n) is 6.79. The number of nitrogens with zero attached hydrogens (tertiary/aromatic N) is 4. The van der Waals surface area contributed by atoms with E-state index in [2.05, 4.69) is 19.9 Å². The van der Waals surface area contributed by atoms with Crippen molar-refractivity contribution in [3.63, 3.8) is 0 Å². The summed E-state index contributed by atoms with van der Waals surface area (Å²) in [6, 6.07) is 0. The van der Waals surface area contributed by atoms with Gasteiger partial charge in [0.1, 0.15) is 11.4 Å². The minimum Gasteiger partial charge on any atom is -0.481 e. The first kappa shape index (κ1) is 22.0. The average molecular weight is 364 g/mol. The molecule has 0 spiro atoms. The average Bonchev–Trinajstić information content (AvgIpc) is 2.62. The Morgan fingerprint density at radius 2 is 1.08 bits per heavy atom. The maximum absolute atomic E-state index is 10.3. The van der Waals surface area contributed by atoms with Crippen LogP contribution in [-0.4, -0.2) is 53.9 Å². The van der Waals surface area contributed by atoms with Gasteiger partial charge in [0.05, 0.1) is 25.2 Å². The van der Waals surface area contributed by atoms with Crippen LogP contribution in [-0.2, 0) is 9.59 Å². The molecule has 2 aromatic rings. The highest BCUT2D eigenvalue weighted by molar-refractivity contribution is 5.90. The summed E-state index contributed by atoms with van der Waals surface area (Å²) < 4.78 is 0. The molecule has 0 fully saturated rings. The summed E-state index contributed by atoms with van der Waals surface area (Å²) in [7, 11) is 0. The molecule has 12 nitrogen and oxygen atoms in total. The summed E-state index contributed by atoms with van der Waals surface area (Å²) in [5.74, 6) is -3.26. The van der Waals surface area contributed by atoms with Crippen molar-refractivity contribution in [1.82, 2.24) is 19.9 Å². The molecule has 0 aliphatic heterocycles. The van der Waals surface area contributed by atoms with Gasteiger partial charge in [-0.05, 0) is 0 Å². The number of rotatable bonds is 5. The second kappa shape index (κ2) is 12.5. The molecule has 6 N–H and O–H groups in total. The van der Waals surface area contributed by atoms with E-state index >= 15 is 0 Å². The van der Waals surface area contributed by atoms with Crippen molar-refractivity contribution in [2.75, 3.05) is 0 Å². The lowest BCUT2D eigenvalue weighted by atomic mass is 10.3. The molecule has 2 amide bonds. The van der Waals surface area contributed by atoms with Crippen molar-refractivity contribution < 1.29 is 29.4 Å². The highest BCUT2D eigenvalue weighted by atomic mass is 16.4. The van der Waals surface area contributed by atoms with Gasteiger partial charge in [-0.3, -0.25) is 29.1 Å². The van der Waals surface area contributed by atoms with E-state index in [1.165, 1.54) is 37.2 Å². The van der Waals surface area contributed by atoms with E-state index in [0.717, 1.165) is 0 Å². The third-order valence-electron chi connectivity index (χ3n) is 2.18. The summed E-state index contributed by atoms with van der Waals surface area (Å²) in [5.41, 5.74) is 10.1. The lowest BCUT2D eigenvalue weighted by Gasteiger charge is -1.87. The zero-order valence-electron chi connectivity index (χ0n) is 13.3. The zero-order chi connectivity index (χ0) is 19.9. The van der Waals surface area contributed by atoms with E-state index in [1.807, 2.05) is 0 Å². The summed E-state index contributed by atoms with van der Waals surface area (Å²) in [5, 5.41) is 15.8. The van der Waals surface area contributed by atoms with Gasteiger partial charge in [0.15, 0.2) is 0 Å². The normalized spacial score (nSPS) is 8.77. The van der Waals surface area contributed by atoms with Crippen LogP contribution in [0.5, 0.6) is 0 Å². The Labute approximate surface area is 146 Å². The number of primary amides is 2. The molecule has 12 heteroatoms. The van der Waals surface area contributed by atoms with Crippen LogP contribution in [0.25, 0.3) is 0 Å². The van der Waals surface area contributed by atoms with Gasteiger partial charge in [0, 0.05) is 24.8 Å². The number of carbonyl (C=O) groups is 4. The highest BCUT2D eigenvalue weighted by Crippen LogP contribution is 1.86. The van der Waals surface area contributed by atoms with E-state index in [0.29, 0.717) is 0 Å². The third kappa shape index (κ3) is 11.6. The van der Waals surface area contributed by atoms with Gasteiger partial charge < -0.3 is 21.7 Å². The molecule has 0 unspecified atom stereocenters. The Bertz CT molecular complexity index is 662. The highest BCUT2D eigenvalue weighted by Gasteiger charge is 2.00. The molecule has 0 aliphatic carbocycles. The summed E-state index contributed by atoms with van der Waals surface area (Å²) in [6.07, 6.45) is 7.84. The van der Waals surface area contributed by atoms with Crippen LogP contribution in [0, 0.1) is 0 Å². The molecule has 138 valence electrons. The topological polar surface area (TPSA) is 212 Å². The number of aromatic nitrogens is 4. The van der Waals surface area contributed by atoms with Gasteiger partial charge in [-0.25, -0.2) is 9.97 Å². The Balaban J connectivity index is 0.000000362. The van der Waals surface area contributed by atoms with Crippen LogP contribution in [0.2, 0.25) is 0 Å². The molecule has 0 bridgehead atoms. The van der Waals surface area contributed by atoms with Crippen LogP contribution < -0.4 is 11.5 Å². The van der Waals surface area contributed by atoms with E-state index < -0.39 is 23.8 Å². The Morgan fingerprint density at radius 1 is 0.731 bits per heavy atom. The molecule has 2 aromatic heterocycles. The van der Waals surface area contributed by atoms with Crippen molar-refractivity contribution in [2.45, 2.75) is 12.8 Å². The Hall–Kier alpha value is -3.96. The van der Waals surface area contributed by atoms with Crippen LogP contribution in [0.1, 0.15) is 33.8 Å². The van der Waals surface area contributed by atoms with Crippen LogP contribution in [0.3, 0.4) is 0 Å². The molecule has 0 aromatic carbocycles. The van der Waals surface area contributed by atoms with Gasteiger partial charge in [0.2, 0.25) is 0 Å². The SMILES string of the molecule is NC(=O)c1cnccn1.NC(=O)c1cnccn1.O=C(O)CCC(=O)O. The van der Waals surface area contributed by atoms with Crippen molar-refractivity contribution in [3.05, 3.63) is 48.6 Å². The predicted molar refractivity (Wildman–Crippen MR) is 85.6 cm³/mol. The van der Waals surface area contributed by atoms with Crippen molar-refractivity contribution >= 4 is 23.8 Å². The van der Waals surface area contributed by atoms with E-state index in [-0.39, 0.29) is 24.2 Å². The number of carboxylic acids is 2. The number of amides is 2. The molecule has 0 atom stereocenters. The van der Waals surface area contributed by atoms with E-state index in [1.54, 1.807) is 0 Å². The number of carbonyl (C=O) groups excluding carboxylic acids is 2. The molecule has 0 saturated carbocycles. The smallest absolute Gasteiger partial charge is 0.303 e. The molecule has 2 rings (SSSR count). The third-order valence-corrected chi connectivity index (χ3v) is 2.18. The maximum atomic E-state index is 10.3. The Kier molecular flexibility index (Phi) is 10.6. The first-order valence-corrected chi connectivity index (χ1v) is 6.79. The number of carboxylic acid groups (broad SMARTS) is 2. The van der Waals surface area contributed by atoms with E-state index in [4.69, 9.17) is 21.7 Å². The molecular weight excluding hydrogens is 348 g/mol. The van der Waals surface area contributed by atoms with Gasteiger partial charge in [-0.2, -0.15) is 0 Å². The van der Waals surface area contributed by atoms with Crippen LogP contribution >= 0.6 is 0 Å². The van der Waals surface area contributed by atoms with Crippen molar-refractivity contribution in [2.24, 2.45) is 11.5 Å². The van der Waals surface area contributed by atoms with Gasteiger partial charge in [-0.15, -0.1) is 0 Å². The Morgan fingerprint density at radius 3 is 1.23 bits per heavy atom. The van der Waals surface area contributed by atoms with Gasteiger partial charge in [-0.1, -0.05) is 0 Å². The van der Waals surface area contributed by atoms with Crippen LogP contribution in [0.15, 0.2) is 37.2 Å². The van der Waals surface area contributed by atoms with Crippen molar-refractivity contribution in [3.8, 4) is 0 Å². The van der Waals surface area contributed by atoms with Crippen molar-refractivity contribution in [1.29, 1.82) is 0 Å². The number of hydrogen-bond donors (Lipinski definition) is 4. The lowest BCUT2D eigenvalue weighted by molar-refractivity contribution is -0.143. The number of hydrogen-bond acceptors (Lipinski definition) is 8. The van der Waals surface area contributed by atoms with Gasteiger partial charge in [0.25, 0.3) is 11.8 Å². The zero-order valence-corrected chi connectivity index (χ0v) is 13.3. The second-order valence-corrected chi connectivity index (χ2v) is 4.20. The molecule has 0 saturated heterocycles. The molecular formula is C14H16N6O6. The molecule has 2 heterocycles. The fourth-order valence-corrected chi connectivity index (χ4v) is 1.07. The standard InChI is InChI=1S/2C5H5N3O.C4H6O4/c2*6-5(9)4-3-7-1-2-8-4;5-3(6)1-2-4(7)8/h2*1-3H,(H2,6,9);1-2H2,(H,5,6)(H,7,8). The quantitative estimate of drug-likeness (QED) is 0.512.